The minimum atomic E-state index is -0.614. The first-order chi connectivity index (χ1) is 12.2. The molecule has 1 fully saturated rings. The number of hydrogen-bond acceptors (Lipinski definition) is 4. The summed E-state index contributed by atoms with van der Waals surface area (Å²) >= 11 is 0. The van der Waals surface area contributed by atoms with E-state index in [4.69, 9.17) is 14.2 Å². The molecule has 0 unspecified atom stereocenters. The summed E-state index contributed by atoms with van der Waals surface area (Å²) in [4.78, 5) is 0. The number of halogens is 1. The van der Waals surface area contributed by atoms with Crippen molar-refractivity contribution < 1.29 is 23.7 Å². The molecule has 0 saturated carbocycles. The van der Waals surface area contributed by atoms with Crippen molar-refractivity contribution in [2.75, 3.05) is 13.2 Å². The molecular weight excluding hydrogens is 335 g/mol. The van der Waals surface area contributed by atoms with Crippen LogP contribution >= 0.6 is 0 Å². The van der Waals surface area contributed by atoms with Gasteiger partial charge in [0.15, 0.2) is 17.4 Å². The van der Waals surface area contributed by atoms with E-state index in [0.29, 0.717) is 13.2 Å². The summed E-state index contributed by atoms with van der Waals surface area (Å²) in [6, 6.07) is 12.2. The van der Waals surface area contributed by atoms with Crippen molar-refractivity contribution in [3.05, 3.63) is 59.4 Å². The van der Waals surface area contributed by atoms with Crippen molar-refractivity contribution in [3.8, 4) is 11.5 Å². The molecule has 0 radical (unpaired) electrons. The van der Waals surface area contributed by atoms with Crippen LogP contribution in [0.15, 0.2) is 42.5 Å². The lowest BCUT2D eigenvalue weighted by molar-refractivity contribution is -0.141. The predicted octanol–water partition coefficient (Wildman–Crippen LogP) is 4.39. The molecule has 3 rings (SSSR count). The second-order valence-electron chi connectivity index (χ2n) is 7.58. The van der Waals surface area contributed by atoms with Crippen molar-refractivity contribution >= 4 is 0 Å². The monoisotopic (exact) mass is 360 g/mol. The summed E-state index contributed by atoms with van der Waals surface area (Å²) in [6.07, 6.45) is -0.0823. The highest BCUT2D eigenvalue weighted by atomic mass is 19.1. The van der Waals surface area contributed by atoms with Gasteiger partial charge in [0, 0.05) is 5.41 Å². The Balaban J connectivity index is 1.67. The van der Waals surface area contributed by atoms with E-state index in [1.54, 1.807) is 6.07 Å². The molecule has 1 N–H and O–H groups in total. The third kappa shape index (κ3) is 4.00. The van der Waals surface area contributed by atoms with Crippen LogP contribution in [-0.2, 0) is 14.9 Å². The number of aromatic hydroxyl groups is 1. The molecule has 0 aliphatic carbocycles. The van der Waals surface area contributed by atoms with Gasteiger partial charge in [-0.25, -0.2) is 4.39 Å². The van der Waals surface area contributed by atoms with E-state index in [0.717, 1.165) is 16.9 Å². The minimum Gasteiger partial charge on any atom is -0.505 e. The highest BCUT2D eigenvalue weighted by molar-refractivity contribution is 5.42. The molecule has 2 aromatic carbocycles. The predicted molar refractivity (Wildman–Crippen MR) is 97.0 cm³/mol. The maximum absolute atomic E-state index is 13.7. The molecule has 2 aromatic rings. The Hall–Kier alpha value is -2.11. The largest absolute Gasteiger partial charge is 0.505 e. The number of hydrogen-bond donors (Lipinski definition) is 1. The molecule has 0 amide bonds. The fourth-order valence-corrected chi connectivity index (χ4v) is 3.06. The summed E-state index contributed by atoms with van der Waals surface area (Å²) in [7, 11) is 0. The molecule has 1 aliphatic rings. The second-order valence-corrected chi connectivity index (χ2v) is 7.58. The van der Waals surface area contributed by atoms with Crippen molar-refractivity contribution in [1.82, 2.24) is 0 Å². The van der Waals surface area contributed by atoms with Gasteiger partial charge in [-0.05, 0) is 49.2 Å². The maximum Gasteiger partial charge on any atom is 0.165 e. The molecule has 1 heterocycles. The molecule has 1 saturated heterocycles. The zero-order chi connectivity index (χ0) is 18.9. The number of phenols is 1. The van der Waals surface area contributed by atoms with Gasteiger partial charge >= 0.3 is 0 Å². The van der Waals surface area contributed by atoms with Gasteiger partial charge in [-0.15, -0.1) is 0 Å². The van der Waals surface area contributed by atoms with Gasteiger partial charge in [-0.2, -0.15) is 0 Å². The lowest BCUT2D eigenvalue weighted by Gasteiger charge is -2.26. The molecule has 1 atom stereocenters. The van der Waals surface area contributed by atoms with E-state index >= 15 is 0 Å². The lowest BCUT2D eigenvalue weighted by Crippen LogP contribution is -2.25. The molecule has 4 nitrogen and oxygen atoms in total. The second kappa shape index (κ2) is 6.89. The normalized spacial score (nSPS) is 19.5. The van der Waals surface area contributed by atoms with Gasteiger partial charge in [0.2, 0.25) is 0 Å². The number of ether oxygens (including phenoxy) is 3. The van der Waals surface area contributed by atoms with E-state index in [9.17, 15) is 9.50 Å². The average molecular weight is 360 g/mol. The molecule has 140 valence electrons. The van der Waals surface area contributed by atoms with Crippen LogP contribution in [0.5, 0.6) is 11.5 Å². The van der Waals surface area contributed by atoms with Gasteiger partial charge in [-0.1, -0.05) is 32.0 Å². The Morgan fingerprint density at radius 2 is 1.81 bits per heavy atom. The van der Waals surface area contributed by atoms with Crippen LogP contribution in [0, 0.1) is 5.82 Å². The van der Waals surface area contributed by atoms with Crippen LogP contribution in [0.4, 0.5) is 4.39 Å². The summed E-state index contributed by atoms with van der Waals surface area (Å²) in [5.74, 6) is -0.761. The van der Waals surface area contributed by atoms with Gasteiger partial charge < -0.3 is 19.3 Å². The van der Waals surface area contributed by atoms with E-state index in [2.05, 4.69) is 0 Å². The average Bonchev–Trinajstić information content (AvgIpc) is 2.95. The Labute approximate surface area is 153 Å². The summed E-state index contributed by atoms with van der Waals surface area (Å²) in [5, 5.41) is 9.39. The standard InChI is InChI=1S/C21H25FO4/c1-20(2,15-7-10-19(23)18(22)11-15)14-5-8-16(9-6-14)24-12-17-13-25-21(3,4)26-17/h5-11,17,23H,12-13H2,1-4H3/t17-/m0/s1. The molecule has 0 spiro atoms. The quantitative estimate of drug-likeness (QED) is 0.859. The van der Waals surface area contributed by atoms with Crippen molar-refractivity contribution in [3.63, 3.8) is 0 Å². The van der Waals surface area contributed by atoms with Gasteiger partial charge in [0.05, 0.1) is 6.61 Å². The number of rotatable bonds is 5. The Bertz CT molecular complexity index is 768. The third-order valence-electron chi connectivity index (χ3n) is 4.75. The molecule has 5 heteroatoms. The smallest absolute Gasteiger partial charge is 0.165 e. The van der Waals surface area contributed by atoms with Gasteiger partial charge in [-0.3, -0.25) is 0 Å². The van der Waals surface area contributed by atoms with Crippen LogP contribution < -0.4 is 4.74 Å². The summed E-state index contributed by atoms with van der Waals surface area (Å²) in [5.41, 5.74) is 1.41. The fourth-order valence-electron chi connectivity index (χ4n) is 3.06. The highest BCUT2D eigenvalue weighted by Crippen LogP contribution is 2.34. The summed E-state index contributed by atoms with van der Waals surface area (Å²) < 4.78 is 30.7. The topological polar surface area (TPSA) is 47.9 Å². The van der Waals surface area contributed by atoms with Gasteiger partial charge in [0.1, 0.15) is 18.5 Å². The first kappa shape index (κ1) is 18.7. The first-order valence-electron chi connectivity index (χ1n) is 8.71. The zero-order valence-corrected chi connectivity index (χ0v) is 15.6. The van der Waals surface area contributed by atoms with Crippen molar-refractivity contribution in [2.45, 2.75) is 45.0 Å². The van der Waals surface area contributed by atoms with Gasteiger partial charge in [0.25, 0.3) is 0 Å². The van der Waals surface area contributed by atoms with Crippen LogP contribution in [0.2, 0.25) is 0 Å². The van der Waals surface area contributed by atoms with Crippen LogP contribution in [0.3, 0.4) is 0 Å². The van der Waals surface area contributed by atoms with E-state index in [1.165, 1.54) is 12.1 Å². The lowest BCUT2D eigenvalue weighted by atomic mass is 9.78. The highest BCUT2D eigenvalue weighted by Gasteiger charge is 2.33. The maximum atomic E-state index is 13.7. The van der Waals surface area contributed by atoms with Crippen molar-refractivity contribution in [2.24, 2.45) is 0 Å². The SMILES string of the molecule is CC1(C)OC[C@H](COc2ccc(C(C)(C)c3ccc(O)c(F)c3)cc2)O1. The number of phenolic OH excluding ortho intramolecular Hbond substituents is 1. The van der Waals surface area contributed by atoms with E-state index in [1.807, 2.05) is 52.0 Å². The van der Waals surface area contributed by atoms with E-state index in [-0.39, 0.29) is 11.9 Å². The molecular formula is C21H25FO4. The fraction of sp³-hybridized carbons (Fsp3) is 0.429. The van der Waals surface area contributed by atoms with Crippen LogP contribution in [0.25, 0.3) is 0 Å². The molecule has 1 aliphatic heterocycles. The van der Waals surface area contributed by atoms with Crippen molar-refractivity contribution in [1.29, 1.82) is 0 Å². The molecule has 26 heavy (non-hydrogen) atoms. The van der Waals surface area contributed by atoms with E-state index < -0.39 is 17.0 Å². The van der Waals surface area contributed by atoms with Crippen LogP contribution in [-0.4, -0.2) is 30.2 Å². The Morgan fingerprint density at radius 3 is 2.38 bits per heavy atom. The summed E-state index contributed by atoms with van der Waals surface area (Å²) in [6.45, 7) is 8.74. The zero-order valence-electron chi connectivity index (χ0n) is 15.6. The molecule has 0 aromatic heterocycles. The Morgan fingerprint density at radius 1 is 1.15 bits per heavy atom. The Kier molecular flexibility index (Phi) is 4.95. The third-order valence-corrected chi connectivity index (χ3v) is 4.75. The first-order valence-corrected chi connectivity index (χ1v) is 8.71. The number of benzene rings is 2. The van der Waals surface area contributed by atoms with Crippen LogP contribution in [0.1, 0.15) is 38.8 Å². The minimum absolute atomic E-state index is 0.0823. The molecule has 0 bridgehead atoms.